The van der Waals surface area contributed by atoms with Gasteiger partial charge in [0, 0.05) is 26.3 Å². The number of aromatic nitrogens is 2. The Kier molecular flexibility index (Phi) is 5.32. The highest BCUT2D eigenvalue weighted by atomic mass is 16.5. The quantitative estimate of drug-likeness (QED) is 0.794. The van der Waals surface area contributed by atoms with E-state index in [2.05, 4.69) is 10.00 Å². The number of hydrogen-bond acceptors (Lipinski definition) is 5. The third-order valence-corrected chi connectivity index (χ3v) is 4.13. The third kappa shape index (κ3) is 4.46. The normalized spacial score (nSPS) is 18.7. The smallest absolute Gasteiger partial charge is 0.236 e. The highest BCUT2D eigenvalue weighted by Crippen LogP contribution is 2.10. The maximum atomic E-state index is 12.4. The maximum Gasteiger partial charge on any atom is 0.236 e. The summed E-state index contributed by atoms with van der Waals surface area (Å²) in [5.41, 5.74) is 1.14. The Morgan fingerprint density at radius 2 is 2.38 bits per heavy atom. The van der Waals surface area contributed by atoms with Gasteiger partial charge in [-0.05, 0) is 24.6 Å². The van der Waals surface area contributed by atoms with Crippen LogP contribution in [0.5, 0.6) is 0 Å². The van der Waals surface area contributed by atoms with Gasteiger partial charge in [-0.25, -0.2) is 0 Å². The summed E-state index contributed by atoms with van der Waals surface area (Å²) >= 11 is 0. The molecular weight excluding hydrogens is 308 g/mol. The summed E-state index contributed by atoms with van der Waals surface area (Å²) in [6, 6.07) is 3.71. The van der Waals surface area contributed by atoms with Gasteiger partial charge in [0.05, 0.1) is 44.8 Å². The topological polar surface area (TPSA) is 63.7 Å². The van der Waals surface area contributed by atoms with Crippen molar-refractivity contribution in [3.05, 3.63) is 42.1 Å². The number of hydrogen-bond donors (Lipinski definition) is 0. The van der Waals surface area contributed by atoms with Gasteiger partial charge in [-0.15, -0.1) is 0 Å². The molecular formula is C17H24N4O3. The van der Waals surface area contributed by atoms with Gasteiger partial charge in [0.2, 0.25) is 5.91 Å². The zero-order valence-electron chi connectivity index (χ0n) is 14.2. The first-order chi connectivity index (χ1) is 11.6. The van der Waals surface area contributed by atoms with Crippen LogP contribution in [0.25, 0.3) is 0 Å². The van der Waals surface area contributed by atoms with Crippen molar-refractivity contribution in [2.24, 2.45) is 0 Å². The van der Waals surface area contributed by atoms with Crippen molar-refractivity contribution in [1.82, 2.24) is 19.6 Å². The Labute approximate surface area is 141 Å². The number of furan rings is 1. The molecule has 1 atom stereocenters. The predicted octanol–water partition coefficient (Wildman–Crippen LogP) is 1.14. The minimum atomic E-state index is 0.0567. The fraction of sp³-hybridized carbons (Fsp3) is 0.529. The number of nitrogens with zero attached hydrogens (tertiary/aromatic N) is 4. The highest BCUT2D eigenvalue weighted by molar-refractivity contribution is 5.77. The number of likely N-dealkylation sites (N-methyl/N-ethyl adjacent to an activating group) is 1. The Hall–Kier alpha value is -2.12. The molecule has 2 aromatic rings. The van der Waals surface area contributed by atoms with E-state index in [1.807, 2.05) is 36.1 Å². The number of ether oxygens (including phenoxy) is 1. The molecule has 0 radical (unpaired) electrons. The summed E-state index contributed by atoms with van der Waals surface area (Å²) in [4.78, 5) is 16.2. The molecule has 0 unspecified atom stereocenters. The summed E-state index contributed by atoms with van der Waals surface area (Å²) in [5.74, 6) is 0.877. The zero-order chi connectivity index (χ0) is 16.9. The lowest BCUT2D eigenvalue weighted by Gasteiger charge is -2.33. The van der Waals surface area contributed by atoms with Crippen molar-refractivity contribution in [3.8, 4) is 0 Å². The van der Waals surface area contributed by atoms with Crippen LogP contribution in [-0.2, 0) is 22.6 Å². The number of amides is 1. The number of carbonyl (C=O) groups is 1. The van der Waals surface area contributed by atoms with Crippen LogP contribution in [0.4, 0.5) is 0 Å². The SMILES string of the molecule is Cc1cnn(C[C@H]2CN(CC(=O)N(C)Cc3ccco3)CCO2)c1. The third-order valence-electron chi connectivity index (χ3n) is 4.13. The molecule has 0 aromatic carbocycles. The van der Waals surface area contributed by atoms with Crippen LogP contribution in [-0.4, -0.2) is 64.9 Å². The Morgan fingerprint density at radius 1 is 1.50 bits per heavy atom. The Morgan fingerprint density at radius 3 is 3.08 bits per heavy atom. The fourth-order valence-corrected chi connectivity index (χ4v) is 2.85. The van der Waals surface area contributed by atoms with E-state index in [1.54, 1.807) is 18.2 Å². The van der Waals surface area contributed by atoms with Crippen LogP contribution in [0.15, 0.2) is 35.2 Å². The van der Waals surface area contributed by atoms with E-state index in [9.17, 15) is 4.79 Å². The molecule has 0 saturated carbocycles. The molecule has 7 nitrogen and oxygen atoms in total. The molecule has 3 heterocycles. The van der Waals surface area contributed by atoms with Gasteiger partial charge in [-0.2, -0.15) is 5.10 Å². The van der Waals surface area contributed by atoms with Gasteiger partial charge >= 0.3 is 0 Å². The number of morpholine rings is 1. The van der Waals surface area contributed by atoms with Gasteiger partial charge in [-0.3, -0.25) is 14.4 Å². The molecule has 24 heavy (non-hydrogen) atoms. The Balaban J connectivity index is 1.48. The van der Waals surface area contributed by atoms with Crippen molar-refractivity contribution in [3.63, 3.8) is 0 Å². The fourth-order valence-electron chi connectivity index (χ4n) is 2.85. The average molecular weight is 332 g/mol. The van der Waals surface area contributed by atoms with Crippen LogP contribution in [0.2, 0.25) is 0 Å². The van der Waals surface area contributed by atoms with Crippen molar-refractivity contribution in [2.45, 2.75) is 26.1 Å². The first kappa shape index (κ1) is 16.7. The van der Waals surface area contributed by atoms with E-state index in [0.29, 0.717) is 26.2 Å². The summed E-state index contributed by atoms with van der Waals surface area (Å²) in [6.07, 6.45) is 5.52. The van der Waals surface area contributed by atoms with E-state index in [0.717, 1.165) is 24.4 Å². The molecule has 1 aliphatic rings. The van der Waals surface area contributed by atoms with E-state index in [-0.39, 0.29) is 12.0 Å². The van der Waals surface area contributed by atoms with Crippen molar-refractivity contribution in [1.29, 1.82) is 0 Å². The van der Waals surface area contributed by atoms with Crippen LogP contribution in [0, 0.1) is 6.92 Å². The molecule has 1 amide bonds. The van der Waals surface area contributed by atoms with E-state index >= 15 is 0 Å². The van der Waals surface area contributed by atoms with E-state index in [4.69, 9.17) is 9.15 Å². The zero-order valence-corrected chi connectivity index (χ0v) is 14.2. The van der Waals surface area contributed by atoms with Gasteiger partial charge in [0.15, 0.2) is 0 Å². The molecule has 0 spiro atoms. The standard InChI is InChI=1S/C17H24N4O3/c1-14-8-18-21(9-14)12-16-11-20(5-7-24-16)13-17(22)19(2)10-15-4-3-6-23-15/h3-4,6,8-9,16H,5,7,10-13H2,1-2H3/t16-/m1/s1. The molecule has 7 heteroatoms. The van der Waals surface area contributed by atoms with Gasteiger partial charge in [-0.1, -0.05) is 0 Å². The van der Waals surface area contributed by atoms with Crippen LogP contribution in [0.3, 0.4) is 0 Å². The second-order valence-electron chi connectivity index (χ2n) is 6.30. The van der Waals surface area contributed by atoms with Gasteiger partial charge < -0.3 is 14.1 Å². The second-order valence-corrected chi connectivity index (χ2v) is 6.30. The summed E-state index contributed by atoms with van der Waals surface area (Å²) in [7, 11) is 1.80. The van der Waals surface area contributed by atoms with E-state index < -0.39 is 0 Å². The second kappa shape index (κ2) is 7.63. The minimum absolute atomic E-state index is 0.0567. The summed E-state index contributed by atoms with van der Waals surface area (Å²) < 4.78 is 13.0. The molecule has 2 aromatic heterocycles. The Bertz CT molecular complexity index is 653. The molecule has 1 fully saturated rings. The monoisotopic (exact) mass is 332 g/mol. The molecule has 0 N–H and O–H groups in total. The van der Waals surface area contributed by atoms with E-state index in [1.165, 1.54) is 0 Å². The van der Waals surface area contributed by atoms with Crippen LogP contribution < -0.4 is 0 Å². The highest BCUT2D eigenvalue weighted by Gasteiger charge is 2.24. The maximum absolute atomic E-state index is 12.4. The summed E-state index contributed by atoms with van der Waals surface area (Å²) in [5, 5.41) is 4.30. The molecule has 1 aliphatic heterocycles. The lowest BCUT2D eigenvalue weighted by atomic mass is 10.2. The van der Waals surface area contributed by atoms with Crippen molar-refractivity contribution < 1.29 is 13.9 Å². The number of carbonyl (C=O) groups excluding carboxylic acids is 1. The van der Waals surface area contributed by atoms with Crippen LogP contribution >= 0.6 is 0 Å². The first-order valence-corrected chi connectivity index (χ1v) is 8.19. The lowest BCUT2D eigenvalue weighted by Crippen LogP contribution is -2.48. The molecule has 130 valence electrons. The average Bonchev–Trinajstić information content (AvgIpc) is 3.19. The summed E-state index contributed by atoms with van der Waals surface area (Å²) in [6.45, 7) is 5.77. The number of aryl methyl sites for hydroxylation is 1. The van der Waals surface area contributed by atoms with Crippen LogP contribution in [0.1, 0.15) is 11.3 Å². The molecule has 1 saturated heterocycles. The molecule has 0 bridgehead atoms. The molecule has 0 aliphatic carbocycles. The predicted molar refractivity (Wildman–Crippen MR) is 88.3 cm³/mol. The molecule has 3 rings (SSSR count). The van der Waals surface area contributed by atoms with Crippen molar-refractivity contribution in [2.75, 3.05) is 33.3 Å². The largest absolute Gasteiger partial charge is 0.467 e. The lowest BCUT2D eigenvalue weighted by molar-refractivity contribution is -0.134. The van der Waals surface area contributed by atoms with Crippen molar-refractivity contribution >= 4 is 5.91 Å². The van der Waals surface area contributed by atoms with Gasteiger partial charge in [0.1, 0.15) is 5.76 Å². The number of rotatable bonds is 6. The first-order valence-electron chi connectivity index (χ1n) is 8.19. The minimum Gasteiger partial charge on any atom is -0.467 e. The van der Waals surface area contributed by atoms with Gasteiger partial charge in [0.25, 0.3) is 0 Å².